The quantitative estimate of drug-likeness (QED) is 0.323. The molecule has 0 bridgehead atoms. The molecule has 5 rings (SSSR count). The Morgan fingerprint density at radius 3 is 2.46 bits per heavy atom. The summed E-state index contributed by atoms with van der Waals surface area (Å²) < 4.78 is 0. The zero-order chi connectivity index (χ0) is 19.4. The summed E-state index contributed by atoms with van der Waals surface area (Å²) in [5.41, 5.74) is 12.0. The predicted octanol–water partition coefficient (Wildman–Crippen LogP) is 7.21. The molecule has 3 aromatic carbocycles. The third-order valence-corrected chi connectivity index (χ3v) is 6.08. The summed E-state index contributed by atoms with van der Waals surface area (Å²) in [6.45, 7) is 8.92. The van der Waals surface area contributed by atoms with Gasteiger partial charge in [-0.25, -0.2) is 0 Å². The average Bonchev–Trinajstić information content (AvgIpc) is 3.06. The Bertz CT molecular complexity index is 1230. The Morgan fingerprint density at radius 2 is 1.64 bits per heavy atom. The van der Waals surface area contributed by atoms with Crippen molar-refractivity contribution in [2.75, 3.05) is 0 Å². The molecule has 0 aliphatic heterocycles. The lowest BCUT2D eigenvalue weighted by atomic mass is 9.89. The number of fused-ring (bicyclic) bond motifs is 4. The number of rotatable bonds is 2. The van der Waals surface area contributed by atoms with Gasteiger partial charge in [-0.15, -0.1) is 0 Å². The maximum absolute atomic E-state index is 4.96. The van der Waals surface area contributed by atoms with E-state index in [1.807, 2.05) is 0 Å². The van der Waals surface area contributed by atoms with Crippen LogP contribution in [0.25, 0.3) is 33.2 Å². The van der Waals surface area contributed by atoms with Crippen LogP contribution in [-0.4, -0.2) is 4.98 Å². The van der Waals surface area contributed by atoms with Gasteiger partial charge < -0.3 is 0 Å². The SMILES string of the molecule is Cc1cc2c(c(-c3ncc(C)c4c(C(C)C)cccc34)c1)Cc1ccccc1-2. The van der Waals surface area contributed by atoms with Gasteiger partial charge in [-0.05, 0) is 76.6 Å². The van der Waals surface area contributed by atoms with E-state index in [2.05, 4.69) is 88.5 Å². The average molecular weight is 364 g/mol. The summed E-state index contributed by atoms with van der Waals surface area (Å²) in [5.74, 6) is 0.491. The minimum atomic E-state index is 0.491. The summed E-state index contributed by atoms with van der Waals surface area (Å²) in [6.07, 6.45) is 3.04. The van der Waals surface area contributed by atoms with Crippen LogP contribution >= 0.6 is 0 Å². The van der Waals surface area contributed by atoms with E-state index >= 15 is 0 Å². The first-order valence-corrected chi connectivity index (χ1v) is 10.1. The maximum atomic E-state index is 4.96. The van der Waals surface area contributed by atoms with Crippen molar-refractivity contribution in [3.8, 4) is 22.4 Å². The van der Waals surface area contributed by atoms with Gasteiger partial charge in [0.2, 0.25) is 0 Å². The van der Waals surface area contributed by atoms with Crippen LogP contribution in [0, 0.1) is 13.8 Å². The molecule has 138 valence electrons. The van der Waals surface area contributed by atoms with E-state index in [1.54, 1.807) is 0 Å². The fourth-order valence-electron chi connectivity index (χ4n) is 4.78. The van der Waals surface area contributed by atoms with Crippen molar-refractivity contribution in [1.82, 2.24) is 4.98 Å². The Kier molecular flexibility index (Phi) is 3.87. The van der Waals surface area contributed by atoms with Gasteiger partial charge in [0.05, 0.1) is 5.69 Å². The number of benzene rings is 3. The number of aromatic nitrogens is 1. The number of aryl methyl sites for hydroxylation is 2. The summed E-state index contributed by atoms with van der Waals surface area (Å²) in [5, 5.41) is 2.64. The molecule has 1 nitrogen and oxygen atoms in total. The smallest absolute Gasteiger partial charge is 0.0783 e. The van der Waals surface area contributed by atoms with E-state index < -0.39 is 0 Å². The highest BCUT2D eigenvalue weighted by Crippen LogP contribution is 2.44. The zero-order valence-electron chi connectivity index (χ0n) is 17.0. The van der Waals surface area contributed by atoms with Gasteiger partial charge in [-0.1, -0.05) is 62.4 Å². The first kappa shape index (κ1) is 17.2. The van der Waals surface area contributed by atoms with Crippen molar-refractivity contribution in [1.29, 1.82) is 0 Å². The predicted molar refractivity (Wildman–Crippen MR) is 119 cm³/mol. The Labute approximate surface area is 167 Å². The molecule has 0 unspecified atom stereocenters. The monoisotopic (exact) mass is 363 g/mol. The van der Waals surface area contributed by atoms with Crippen LogP contribution in [-0.2, 0) is 6.42 Å². The van der Waals surface area contributed by atoms with Crippen LogP contribution < -0.4 is 0 Å². The van der Waals surface area contributed by atoms with Crippen LogP contribution in [0.2, 0.25) is 0 Å². The van der Waals surface area contributed by atoms with Gasteiger partial charge in [0.25, 0.3) is 0 Å². The van der Waals surface area contributed by atoms with Crippen LogP contribution in [0.4, 0.5) is 0 Å². The number of hydrogen-bond donors (Lipinski definition) is 0. The molecular formula is C27H25N. The second kappa shape index (κ2) is 6.31. The minimum Gasteiger partial charge on any atom is -0.255 e. The Hall–Kier alpha value is -2.93. The first-order valence-electron chi connectivity index (χ1n) is 10.1. The molecule has 1 aliphatic carbocycles. The van der Waals surface area contributed by atoms with Crippen molar-refractivity contribution in [3.63, 3.8) is 0 Å². The zero-order valence-corrected chi connectivity index (χ0v) is 17.0. The fraction of sp³-hybridized carbons (Fsp3) is 0.222. The number of nitrogens with zero attached hydrogens (tertiary/aromatic N) is 1. The normalized spacial score (nSPS) is 12.5. The van der Waals surface area contributed by atoms with Crippen molar-refractivity contribution >= 4 is 10.8 Å². The van der Waals surface area contributed by atoms with E-state index in [9.17, 15) is 0 Å². The molecule has 1 aliphatic rings. The summed E-state index contributed by atoms with van der Waals surface area (Å²) in [6, 6.07) is 20.1. The van der Waals surface area contributed by atoms with E-state index in [0.29, 0.717) is 5.92 Å². The van der Waals surface area contributed by atoms with Gasteiger partial charge in [-0.2, -0.15) is 0 Å². The number of pyridine rings is 1. The molecule has 0 saturated heterocycles. The molecule has 0 radical (unpaired) electrons. The summed E-state index contributed by atoms with van der Waals surface area (Å²) >= 11 is 0. The molecular weight excluding hydrogens is 338 g/mol. The lowest BCUT2D eigenvalue weighted by Crippen LogP contribution is -1.98. The molecule has 28 heavy (non-hydrogen) atoms. The van der Waals surface area contributed by atoms with Crippen LogP contribution in [0.1, 0.15) is 47.6 Å². The molecule has 1 heteroatoms. The molecule has 0 spiro atoms. The van der Waals surface area contributed by atoms with E-state index in [0.717, 1.165) is 12.1 Å². The lowest BCUT2D eigenvalue weighted by molar-refractivity contribution is 0.875. The second-order valence-electron chi connectivity index (χ2n) is 8.39. The van der Waals surface area contributed by atoms with Crippen molar-refractivity contribution in [2.24, 2.45) is 0 Å². The van der Waals surface area contributed by atoms with Crippen LogP contribution in [0.15, 0.2) is 60.8 Å². The minimum absolute atomic E-state index is 0.491. The van der Waals surface area contributed by atoms with E-state index in [4.69, 9.17) is 4.98 Å². The molecule has 4 aromatic rings. The van der Waals surface area contributed by atoms with E-state index in [-0.39, 0.29) is 0 Å². The van der Waals surface area contributed by atoms with Gasteiger partial charge in [-0.3, -0.25) is 4.98 Å². The third-order valence-electron chi connectivity index (χ3n) is 6.08. The standard InChI is InChI=1S/C27H25N/c1-16(2)20-10-7-11-22-26(20)18(4)15-28-27(22)25-13-17(3)12-23-21-9-6-5-8-19(21)14-24(23)25/h5-13,15-16H,14H2,1-4H3. The maximum Gasteiger partial charge on any atom is 0.0783 e. The van der Waals surface area contributed by atoms with Crippen LogP contribution in [0.3, 0.4) is 0 Å². The van der Waals surface area contributed by atoms with Crippen LogP contribution in [0.5, 0.6) is 0 Å². The molecule has 0 atom stereocenters. The molecule has 0 amide bonds. The topological polar surface area (TPSA) is 12.9 Å². The molecule has 0 saturated carbocycles. The largest absolute Gasteiger partial charge is 0.255 e. The summed E-state index contributed by atoms with van der Waals surface area (Å²) in [4.78, 5) is 4.96. The molecule has 0 fully saturated rings. The second-order valence-corrected chi connectivity index (χ2v) is 8.39. The van der Waals surface area contributed by atoms with Crippen molar-refractivity contribution < 1.29 is 0 Å². The Balaban J connectivity index is 1.83. The highest BCUT2D eigenvalue weighted by Gasteiger charge is 2.23. The van der Waals surface area contributed by atoms with Gasteiger partial charge in [0, 0.05) is 17.1 Å². The summed E-state index contributed by atoms with van der Waals surface area (Å²) in [7, 11) is 0. The molecule has 1 heterocycles. The lowest BCUT2D eigenvalue weighted by Gasteiger charge is -2.17. The fourth-order valence-corrected chi connectivity index (χ4v) is 4.78. The highest BCUT2D eigenvalue weighted by molar-refractivity contribution is 6.00. The molecule has 0 N–H and O–H groups in total. The Morgan fingerprint density at radius 1 is 0.857 bits per heavy atom. The first-order chi connectivity index (χ1) is 13.5. The third kappa shape index (κ3) is 2.50. The highest BCUT2D eigenvalue weighted by atomic mass is 14.7. The molecule has 1 aromatic heterocycles. The van der Waals surface area contributed by atoms with E-state index in [1.165, 1.54) is 55.3 Å². The number of hydrogen-bond acceptors (Lipinski definition) is 1. The van der Waals surface area contributed by atoms with Gasteiger partial charge in [0.15, 0.2) is 0 Å². The van der Waals surface area contributed by atoms with Gasteiger partial charge in [0.1, 0.15) is 0 Å². The van der Waals surface area contributed by atoms with Crippen molar-refractivity contribution in [3.05, 3.63) is 88.6 Å². The van der Waals surface area contributed by atoms with Crippen molar-refractivity contribution in [2.45, 2.75) is 40.0 Å². The van der Waals surface area contributed by atoms with Gasteiger partial charge >= 0.3 is 0 Å².